The summed E-state index contributed by atoms with van der Waals surface area (Å²) in [5.41, 5.74) is 3.08. The molecule has 0 saturated heterocycles. The van der Waals surface area contributed by atoms with Crippen molar-refractivity contribution in [3.63, 3.8) is 0 Å². The van der Waals surface area contributed by atoms with E-state index in [0.717, 1.165) is 16.6 Å². The second-order valence-electron chi connectivity index (χ2n) is 5.71. The van der Waals surface area contributed by atoms with E-state index in [-0.39, 0.29) is 0 Å². The lowest BCUT2D eigenvalue weighted by Gasteiger charge is -2.04. The highest BCUT2D eigenvalue weighted by Crippen LogP contribution is 2.27. The van der Waals surface area contributed by atoms with E-state index < -0.39 is 0 Å². The van der Waals surface area contributed by atoms with Gasteiger partial charge in [-0.15, -0.1) is 5.10 Å². The molecule has 0 bridgehead atoms. The van der Waals surface area contributed by atoms with E-state index in [1.54, 1.807) is 33.9 Å². The highest BCUT2D eigenvalue weighted by Gasteiger charge is 2.14. The maximum absolute atomic E-state index is 6.13. The van der Waals surface area contributed by atoms with Gasteiger partial charge in [-0.1, -0.05) is 53.5 Å². The molecule has 3 heterocycles. The molecule has 0 saturated carbocycles. The minimum absolute atomic E-state index is 0.461. The molecule has 3 aromatic heterocycles. The number of rotatable bonds is 2. The molecule has 26 heavy (non-hydrogen) atoms. The zero-order valence-corrected chi connectivity index (χ0v) is 14.7. The van der Waals surface area contributed by atoms with Crippen molar-refractivity contribution in [2.75, 3.05) is 0 Å². The maximum atomic E-state index is 6.13. The fourth-order valence-electron chi connectivity index (χ4n) is 2.84. The molecule has 0 spiro atoms. The van der Waals surface area contributed by atoms with E-state index in [4.69, 9.17) is 23.2 Å². The summed E-state index contributed by atoms with van der Waals surface area (Å²) < 4.78 is 3.36. The average molecular weight is 381 g/mol. The van der Waals surface area contributed by atoms with E-state index in [9.17, 15) is 0 Å². The molecule has 5 rings (SSSR count). The van der Waals surface area contributed by atoms with Crippen LogP contribution in [0, 0.1) is 0 Å². The van der Waals surface area contributed by atoms with Gasteiger partial charge in [0.15, 0.2) is 17.1 Å². The number of aromatic nitrogens is 6. The minimum Gasteiger partial charge on any atom is -0.216 e. The third-order valence-corrected chi connectivity index (χ3v) is 4.82. The van der Waals surface area contributed by atoms with Gasteiger partial charge in [-0.3, -0.25) is 0 Å². The molecule has 5 aromatic rings. The molecule has 6 nitrogen and oxygen atoms in total. The SMILES string of the molecule is Clc1ccc(-n2ncc3c2ncn2nc(-c4ccccc4)nc32)cc1Cl. The molecule has 0 fully saturated rings. The summed E-state index contributed by atoms with van der Waals surface area (Å²) in [5.74, 6) is 0.641. The largest absolute Gasteiger partial charge is 0.216 e. The Morgan fingerprint density at radius 2 is 1.73 bits per heavy atom. The predicted molar refractivity (Wildman–Crippen MR) is 101 cm³/mol. The van der Waals surface area contributed by atoms with E-state index in [1.807, 2.05) is 36.4 Å². The van der Waals surface area contributed by atoms with Crippen molar-refractivity contribution in [1.29, 1.82) is 0 Å². The Bertz CT molecular complexity index is 1260. The van der Waals surface area contributed by atoms with Gasteiger partial charge < -0.3 is 0 Å². The molecule has 0 amide bonds. The lowest BCUT2D eigenvalue weighted by molar-refractivity contribution is 0.882. The normalized spacial score (nSPS) is 11.5. The summed E-state index contributed by atoms with van der Waals surface area (Å²) in [5, 5.41) is 10.7. The molecule has 0 radical (unpaired) electrons. The third kappa shape index (κ3) is 2.34. The van der Waals surface area contributed by atoms with E-state index in [2.05, 4.69) is 20.2 Å². The second-order valence-corrected chi connectivity index (χ2v) is 6.52. The van der Waals surface area contributed by atoms with Gasteiger partial charge in [0.1, 0.15) is 6.33 Å². The average Bonchev–Trinajstić information content (AvgIpc) is 3.28. The van der Waals surface area contributed by atoms with Crippen molar-refractivity contribution in [1.82, 2.24) is 29.4 Å². The van der Waals surface area contributed by atoms with Crippen LogP contribution in [0.3, 0.4) is 0 Å². The zero-order valence-electron chi connectivity index (χ0n) is 13.2. The number of benzene rings is 2. The van der Waals surface area contributed by atoms with Crippen molar-refractivity contribution in [2.45, 2.75) is 0 Å². The van der Waals surface area contributed by atoms with Gasteiger partial charge in [-0.05, 0) is 18.2 Å². The minimum atomic E-state index is 0.461. The molecule has 0 aliphatic carbocycles. The quantitative estimate of drug-likeness (QED) is 0.454. The topological polar surface area (TPSA) is 60.9 Å². The van der Waals surface area contributed by atoms with E-state index in [1.165, 1.54) is 0 Å². The van der Waals surface area contributed by atoms with Crippen LogP contribution in [0.25, 0.3) is 33.8 Å². The first-order chi connectivity index (χ1) is 12.7. The van der Waals surface area contributed by atoms with Gasteiger partial charge in [0.25, 0.3) is 0 Å². The predicted octanol–water partition coefficient (Wildman–Crippen LogP) is 4.44. The van der Waals surface area contributed by atoms with Crippen LogP contribution in [-0.2, 0) is 0 Å². The molecular weight excluding hydrogens is 371 g/mol. The monoisotopic (exact) mass is 380 g/mol. The molecule has 0 aliphatic heterocycles. The molecule has 2 aromatic carbocycles. The van der Waals surface area contributed by atoms with Crippen molar-refractivity contribution in [3.05, 3.63) is 71.1 Å². The van der Waals surface area contributed by atoms with Crippen LogP contribution in [0.2, 0.25) is 10.0 Å². The Balaban J connectivity index is 1.71. The van der Waals surface area contributed by atoms with Gasteiger partial charge in [-0.2, -0.15) is 5.10 Å². The summed E-state index contributed by atoms with van der Waals surface area (Å²) >= 11 is 12.1. The van der Waals surface area contributed by atoms with Gasteiger partial charge in [0, 0.05) is 5.56 Å². The Morgan fingerprint density at radius 3 is 2.54 bits per heavy atom. The molecule has 0 unspecified atom stereocenters. The number of halogens is 2. The van der Waals surface area contributed by atoms with Crippen LogP contribution in [0.4, 0.5) is 0 Å². The molecule has 0 N–H and O–H groups in total. The summed E-state index contributed by atoms with van der Waals surface area (Å²) in [6.45, 7) is 0. The first kappa shape index (κ1) is 15.3. The maximum Gasteiger partial charge on any atom is 0.182 e. The standard InChI is InChI=1S/C18H10Cl2N6/c19-14-7-6-12(8-15(14)20)26-17-13(9-22-26)18-23-16(24-25(18)10-21-17)11-4-2-1-3-5-11/h1-10H. The van der Waals surface area contributed by atoms with Crippen molar-refractivity contribution >= 4 is 39.9 Å². The van der Waals surface area contributed by atoms with Gasteiger partial charge in [-0.25, -0.2) is 19.2 Å². The van der Waals surface area contributed by atoms with Crippen LogP contribution in [-0.4, -0.2) is 29.4 Å². The Hall–Kier alpha value is -2.96. The smallest absolute Gasteiger partial charge is 0.182 e. The number of nitrogens with zero attached hydrogens (tertiary/aromatic N) is 6. The summed E-state index contributed by atoms with van der Waals surface area (Å²) in [7, 11) is 0. The zero-order chi connectivity index (χ0) is 17.7. The number of fused-ring (bicyclic) bond motifs is 3. The molecule has 0 atom stereocenters. The Labute approximate surface area is 157 Å². The van der Waals surface area contributed by atoms with E-state index >= 15 is 0 Å². The lowest BCUT2D eigenvalue weighted by Crippen LogP contribution is -1.99. The first-order valence-corrected chi connectivity index (χ1v) is 8.56. The third-order valence-electron chi connectivity index (χ3n) is 4.09. The molecule has 8 heteroatoms. The van der Waals surface area contributed by atoms with Crippen LogP contribution < -0.4 is 0 Å². The van der Waals surface area contributed by atoms with Gasteiger partial charge in [0.05, 0.1) is 27.3 Å². The highest BCUT2D eigenvalue weighted by molar-refractivity contribution is 6.42. The van der Waals surface area contributed by atoms with E-state index in [0.29, 0.717) is 27.2 Å². The molecule has 126 valence electrons. The summed E-state index contributed by atoms with van der Waals surface area (Å²) in [6.07, 6.45) is 3.36. The fourth-order valence-corrected chi connectivity index (χ4v) is 3.13. The lowest BCUT2D eigenvalue weighted by atomic mass is 10.2. The van der Waals surface area contributed by atoms with Crippen LogP contribution >= 0.6 is 23.2 Å². The summed E-state index contributed by atoms with van der Waals surface area (Å²) in [6, 6.07) is 15.1. The van der Waals surface area contributed by atoms with Gasteiger partial charge in [0.2, 0.25) is 0 Å². The Kier molecular flexibility index (Phi) is 3.41. The molecular formula is C18H10Cl2N6. The van der Waals surface area contributed by atoms with Crippen molar-refractivity contribution < 1.29 is 0 Å². The van der Waals surface area contributed by atoms with Crippen molar-refractivity contribution in [2.24, 2.45) is 0 Å². The fraction of sp³-hybridized carbons (Fsp3) is 0. The van der Waals surface area contributed by atoms with Crippen LogP contribution in [0.1, 0.15) is 0 Å². The second kappa shape index (κ2) is 5.79. The summed E-state index contributed by atoms with van der Waals surface area (Å²) in [4.78, 5) is 9.15. The van der Waals surface area contributed by atoms with Gasteiger partial charge >= 0.3 is 0 Å². The number of hydrogen-bond donors (Lipinski definition) is 0. The first-order valence-electron chi connectivity index (χ1n) is 7.81. The molecule has 0 aliphatic rings. The number of hydrogen-bond acceptors (Lipinski definition) is 4. The Morgan fingerprint density at radius 1 is 0.885 bits per heavy atom. The van der Waals surface area contributed by atoms with Crippen LogP contribution in [0.15, 0.2) is 61.1 Å². The van der Waals surface area contributed by atoms with Crippen LogP contribution in [0.5, 0.6) is 0 Å². The highest BCUT2D eigenvalue weighted by atomic mass is 35.5. The van der Waals surface area contributed by atoms with Crippen molar-refractivity contribution in [3.8, 4) is 17.1 Å².